The quantitative estimate of drug-likeness (QED) is 0.565. The van der Waals surface area contributed by atoms with Crippen LogP contribution in [0.4, 0.5) is 10.1 Å². The predicted molar refractivity (Wildman–Crippen MR) is 108 cm³/mol. The molecular formula is C22H18FN5O. The molecule has 0 aliphatic rings. The van der Waals surface area contributed by atoms with Gasteiger partial charge in [0.15, 0.2) is 5.69 Å². The minimum atomic E-state index is -0.391. The normalized spacial score (nSPS) is 10.7. The van der Waals surface area contributed by atoms with E-state index in [1.807, 2.05) is 37.3 Å². The fourth-order valence-electron chi connectivity index (χ4n) is 2.97. The minimum Gasteiger partial charge on any atom is -0.321 e. The fraction of sp³-hybridized carbons (Fsp3) is 0.0909. The van der Waals surface area contributed by atoms with Crippen LogP contribution < -0.4 is 5.32 Å². The van der Waals surface area contributed by atoms with Gasteiger partial charge < -0.3 is 5.32 Å². The fourth-order valence-corrected chi connectivity index (χ4v) is 2.97. The Bertz CT molecular complexity index is 1170. The Balaban J connectivity index is 1.80. The molecule has 0 spiro atoms. The number of pyridine rings is 1. The number of carbonyl (C=O) groups excluding carboxylic acids is 1. The molecule has 0 saturated carbocycles. The Morgan fingerprint density at radius 3 is 2.55 bits per heavy atom. The number of hydrogen-bond donors (Lipinski definition) is 1. The number of nitrogens with one attached hydrogen (secondary N) is 1. The molecule has 1 N–H and O–H groups in total. The summed E-state index contributed by atoms with van der Waals surface area (Å²) in [5.41, 5.74) is 4.13. The average Bonchev–Trinajstić information content (AvgIpc) is 3.18. The molecule has 6 nitrogen and oxygen atoms in total. The van der Waals surface area contributed by atoms with Gasteiger partial charge in [-0.1, -0.05) is 22.9 Å². The Morgan fingerprint density at radius 2 is 1.86 bits per heavy atom. The molecule has 4 aromatic rings. The van der Waals surface area contributed by atoms with Crippen molar-refractivity contribution in [3.63, 3.8) is 0 Å². The zero-order valence-electron chi connectivity index (χ0n) is 15.9. The molecule has 0 aliphatic heterocycles. The van der Waals surface area contributed by atoms with Crippen LogP contribution in [-0.4, -0.2) is 25.9 Å². The van der Waals surface area contributed by atoms with Gasteiger partial charge in [-0.2, -0.15) is 0 Å². The number of hydrogen-bond acceptors (Lipinski definition) is 4. The summed E-state index contributed by atoms with van der Waals surface area (Å²) < 4.78 is 15.2. The van der Waals surface area contributed by atoms with Gasteiger partial charge >= 0.3 is 0 Å². The van der Waals surface area contributed by atoms with Crippen LogP contribution in [0.25, 0.3) is 16.9 Å². The van der Waals surface area contributed by atoms with Crippen molar-refractivity contribution in [1.82, 2.24) is 20.0 Å². The molecule has 0 radical (unpaired) electrons. The van der Waals surface area contributed by atoms with Crippen LogP contribution in [0.2, 0.25) is 0 Å². The van der Waals surface area contributed by atoms with E-state index in [1.54, 1.807) is 37.5 Å². The summed E-state index contributed by atoms with van der Waals surface area (Å²) in [7, 11) is 0. The third kappa shape index (κ3) is 3.75. The topological polar surface area (TPSA) is 72.7 Å². The number of benzene rings is 2. The number of carbonyl (C=O) groups is 1. The maximum Gasteiger partial charge on any atom is 0.278 e. The van der Waals surface area contributed by atoms with Gasteiger partial charge in [0.2, 0.25) is 0 Å². The highest BCUT2D eigenvalue weighted by Gasteiger charge is 2.22. The van der Waals surface area contributed by atoms with Gasteiger partial charge in [-0.3, -0.25) is 9.78 Å². The summed E-state index contributed by atoms with van der Waals surface area (Å²) in [6.07, 6.45) is 3.28. The molecule has 7 heteroatoms. The Morgan fingerprint density at radius 1 is 1.07 bits per heavy atom. The van der Waals surface area contributed by atoms with E-state index < -0.39 is 5.91 Å². The van der Waals surface area contributed by atoms with Gasteiger partial charge in [-0.15, -0.1) is 5.10 Å². The number of rotatable bonds is 4. The molecule has 0 bridgehead atoms. The molecule has 0 fully saturated rings. The summed E-state index contributed by atoms with van der Waals surface area (Å²) in [5, 5.41) is 11.1. The van der Waals surface area contributed by atoms with E-state index in [-0.39, 0.29) is 11.5 Å². The van der Waals surface area contributed by atoms with Crippen LogP contribution in [0.3, 0.4) is 0 Å². The van der Waals surface area contributed by atoms with Gasteiger partial charge in [0.05, 0.1) is 5.69 Å². The summed E-state index contributed by atoms with van der Waals surface area (Å²) in [5.74, 6) is -0.702. The summed E-state index contributed by atoms with van der Waals surface area (Å²) in [4.78, 5) is 17.1. The number of amides is 1. The zero-order valence-corrected chi connectivity index (χ0v) is 15.9. The van der Waals surface area contributed by atoms with Gasteiger partial charge in [0, 0.05) is 23.6 Å². The molecule has 2 aromatic carbocycles. The van der Waals surface area contributed by atoms with E-state index >= 15 is 0 Å². The van der Waals surface area contributed by atoms with Gasteiger partial charge in [0.1, 0.15) is 11.5 Å². The highest BCUT2D eigenvalue weighted by Crippen LogP contribution is 2.26. The molecular weight excluding hydrogens is 369 g/mol. The number of aryl methyl sites for hydroxylation is 2. The van der Waals surface area contributed by atoms with Crippen LogP contribution in [-0.2, 0) is 0 Å². The highest BCUT2D eigenvalue weighted by molar-refractivity contribution is 6.06. The van der Waals surface area contributed by atoms with Crippen LogP contribution in [0, 0.1) is 19.7 Å². The number of nitrogens with zero attached hydrogens (tertiary/aromatic N) is 4. The lowest BCUT2D eigenvalue weighted by Crippen LogP contribution is -2.14. The number of aromatic nitrogens is 4. The Labute approximate surface area is 167 Å². The summed E-state index contributed by atoms with van der Waals surface area (Å²) >= 11 is 0. The Kier molecular flexibility index (Phi) is 4.87. The second kappa shape index (κ2) is 7.63. The van der Waals surface area contributed by atoms with E-state index in [9.17, 15) is 9.18 Å². The van der Waals surface area contributed by atoms with Crippen LogP contribution in [0.5, 0.6) is 0 Å². The molecule has 0 saturated heterocycles. The first-order chi connectivity index (χ1) is 14.0. The van der Waals surface area contributed by atoms with Gasteiger partial charge in [0.25, 0.3) is 5.91 Å². The van der Waals surface area contributed by atoms with Crippen molar-refractivity contribution in [2.45, 2.75) is 13.8 Å². The second-order valence-corrected chi connectivity index (χ2v) is 6.69. The molecule has 0 aliphatic carbocycles. The molecule has 2 heterocycles. The van der Waals surface area contributed by atoms with Crippen molar-refractivity contribution in [3.05, 3.63) is 89.6 Å². The molecule has 29 heavy (non-hydrogen) atoms. The Hall–Kier alpha value is -3.87. The smallest absolute Gasteiger partial charge is 0.278 e. The van der Waals surface area contributed by atoms with Crippen molar-refractivity contribution in [2.75, 3.05) is 5.32 Å². The zero-order chi connectivity index (χ0) is 20.4. The summed E-state index contributed by atoms with van der Waals surface area (Å²) in [6, 6.07) is 15.7. The van der Waals surface area contributed by atoms with E-state index in [1.165, 1.54) is 10.7 Å². The largest absolute Gasteiger partial charge is 0.321 e. The van der Waals surface area contributed by atoms with Crippen LogP contribution in [0.1, 0.15) is 21.6 Å². The van der Waals surface area contributed by atoms with Crippen LogP contribution in [0.15, 0.2) is 67.0 Å². The first-order valence-electron chi connectivity index (χ1n) is 9.03. The van der Waals surface area contributed by atoms with E-state index in [2.05, 4.69) is 20.6 Å². The van der Waals surface area contributed by atoms with Crippen molar-refractivity contribution < 1.29 is 9.18 Å². The first kappa shape index (κ1) is 18.5. The van der Waals surface area contributed by atoms with Crippen molar-refractivity contribution in [2.24, 2.45) is 0 Å². The molecule has 1 amide bonds. The summed E-state index contributed by atoms with van der Waals surface area (Å²) in [6.45, 7) is 3.65. The SMILES string of the molecule is Cc1ccc(NC(=O)c2nnn(-c3ccc(F)c(C)c3)c2-c2cccnc2)cc1. The second-order valence-electron chi connectivity index (χ2n) is 6.69. The van der Waals surface area contributed by atoms with E-state index in [0.717, 1.165) is 5.56 Å². The first-order valence-corrected chi connectivity index (χ1v) is 9.03. The highest BCUT2D eigenvalue weighted by atomic mass is 19.1. The number of halogens is 1. The van der Waals surface area contributed by atoms with E-state index in [4.69, 9.17) is 0 Å². The standard InChI is InChI=1S/C22H18FN5O/c1-14-5-7-17(8-6-14)25-22(29)20-21(16-4-3-11-24-13-16)28(27-26-20)18-9-10-19(23)15(2)12-18/h3-13H,1-2H3,(H,25,29). The van der Waals surface area contributed by atoms with Crippen molar-refractivity contribution in [1.29, 1.82) is 0 Å². The lowest BCUT2D eigenvalue weighted by Gasteiger charge is -2.10. The molecule has 144 valence electrons. The maximum absolute atomic E-state index is 13.7. The predicted octanol–water partition coefficient (Wildman–Crippen LogP) is 4.34. The van der Waals surface area contributed by atoms with E-state index in [0.29, 0.717) is 28.2 Å². The minimum absolute atomic E-state index is 0.153. The average molecular weight is 387 g/mol. The van der Waals surface area contributed by atoms with Crippen molar-refractivity contribution in [3.8, 4) is 16.9 Å². The maximum atomic E-state index is 13.7. The third-order valence-electron chi connectivity index (χ3n) is 4.52. The lowest BCUT2D eigenvalue weighted by atomic mass is 10.1. The van der Waals surface area contributed by atoms with Crippen LogP contribution >= 0.6 is 0 Å². The molecule has 0 atom stereocenters. The molecule has 0 unspecified atom stereocenters. The van der Waals surface area contributed by atoms with Gasteiger partial charge in [-0.05, 0) is 61.9 Å². The molecule has 2 aromatic heterocycles. The van der Waals surface area contributed by atoms with Gasteiger partial charge in [-0.25, -0.2) is 9.07 Å². The third-order valence-corrected chi connectivity index (χ3v) is 4.52. The molecule has 4 rings (SSSR count). The number of anilines is 1. The monoisotopic (exact) mass is 387 g/mol. The van der Waals surface area contributed by atoms with Crippen molar-refractivity contribution >= 4 is 11.6 Å². The lowest BCUT2D eigenvalue weighted by molar-refractivity contribution is 0.102.